The van der Waals surface area contributed by atoms with Gasteiger partial charge in [0.15, 0.2) is 0 Å². The highest BCUT2D eigenvalue weighted by Gasteiger charge is 2.29. The molecule has 0 spiro atoms. The lowest BCUT2D eigenvalue weighted by molar-refractivity contribution is -0.138. The van der Waals surface area contributed by atoms with Gasteiger partial charge in [-0.15, -0.1) is 0 Å². The van der Waals surface area contributed by atoms with Crippen LogP contribution < -0.4 is 5.73 Å². The summed E-state index contributed by atoms with van der Waals surface area (Å²) in [6, 6.07) is 6.53. The zero-order valence-electron chi connectivity index (χ0n) is 11.3. The van der Waals surface area contributed by atoms with Crippen LogP contribution in [0.25, 0.3) is 0 Å². The second-order valence-corrected chi connectivity index (χ2v) is 5.23. The molecule has 0 aliphatic carbocycles. The van der Waals surface area contributed by atoms with Crippen molar-refractivity contribution >= 4 is 5.91 Å². The lowest BCUT2D eigenvalue weighted by atomic mass is 9.94. The smallest absolute Gasteiger partial charge is 0.227 e. The molecule has 104 valence electrons. The first kappa shape index (κ1) is 14.0. The lowest BCUT2D eigenvalue weighted by Crippen LogP contribution is -2.43. The van der Waals surface area contributed by atoms with Crippen molar-refractivity contribution in [1.29, 1.82) is 0 Å². The average molecular weight is 264 g/mol. The third-order valence-corrected chi connectivity index (χ3v) is 3.82. The number of likely N-dealkylation sites (tertiary alicyclic amines) is 1. The van der Waals surface area contributed by atoms with Crippen LogP contribution in [-0.4, -0.2) is 23.9 Å². The Labute approximate surface area is 113 Å². The zero-order chi connectivity index (χ0) is 13.8. The first-order valence-electron chi connectivity index (χ1n) is 6.89. The van der Waals surface area contributed by atoms with Gasteiger partial charge in [0.2, 0.25) is 5.91 Å². The summed E-state index contributed by atoms with van der Waals surface area (Å²) in [6.45, 7) is 3.00. The number of carbonyl (C=O) groups is 1. The second-order valence-electron chi connectivity index (χ2n) is 5.23. The van der Waals surface area contributed by atoms with E-state index >= 15 is 0 Å². The third-order valence-electron chi connectivity index (χ3n) is 3.82. The van der Waals surface area contributed by atoms with E-state index < -0.39 is 0 Å². The van der Waals surface area contributed by atoms with Gasteiger partial charge in [0, 0.05) is 19.0 Å². The van der Waals surface area contributed by atoms with Crippen LogP contribution in [0, 0.1) is 11.7 Å². The Morgan fingerprint density at radius 2 is 2.11 bits per heavy atom. The predicted octanol–water partition coefficient (Wildman–Crippen LogP) is 2.47. The van der Waals surface area contributed by atoms with Crippen LogP contribution in [0.2, 0.25) is 0 Å². The fourth-order valence-electron chi connectivity index (χ4n) is 2.61. The number of benzene rings is 1. The SMILES string of the molecule is CC(CN)C(=O)N1CCCCC1c1ccc(F)cc1. The van der Waals surface area contributed by atoms with E-state index in [4.69, 9.17) is 5.73 Å². The quantitative estimate of drug-likeness (QED) is 0.911. The van der Waals surface area contributed by atoms with Crippen LogP contribution in [0.3, 0.4) is 0 Å². The maximum atomic E-state index is 13.0. The number of halogens is 1. The Kier molecular flexibility index (Phi) is 4.53. The van der Waals surface area contributed by atoms with Crippen molar-refractivity contribution in [2.45, 2.75) is 32.2 Å². The summed E-state index contributed by atoms with van der Waals surface area (Å²) in [4.78, 5) is 14.3. The highest BCUT2D eigenvalue weighted by atomic mass is 19.1. The molecule has 2 rings (SSSR count). The van der Waals surface area contributed by atoms with E-state index in [1.165, 1.54) is 12.1 Å². The maximum Gasteiger partial charge on any atom is 0.227 e. The van der Waals surface area contributed by atoms with Gasteiger partial charge >= 0.3 is 0 Å². The summed E-state index contributed by atoms with van der Waals surface area (Å²) in [5.74, 6) is -0.287. The number of piperidine rings is 1. The van der Waals surface area contributed by atoms with Crippen LogP contribution >= 0.6 is 0 Å². The molecule has 0 saturated carbocycles. The zero-order valence-corrected chi connectivity index (χ0v) is 11.3. The Bertz CT molecular complexity index is 432. The Balaban J connectivity index is 2.20. The van der Waals surface area contributed by atoms with E-state index in [0.717, 1.165) is 31.4 Å². The van der Waals surface area contributed by atoms with E-state index in [-0.39, 0.29) is 23.7 Å². The van der Waals surface area contributed by atoms with Crippen LogP contribution in [0.15, 0.2) is 24.3 Å². The lowest BCUT2D eigenvalue weighted by Gasteiger charge is -2.37. The van der Waals surface area contributed by atoms with E-state index in [2.05, 4.69) is 0 Å². The van der Waals surface area contributed by atoms with Crippen molar-refractivity contribution in [3.05, 3.63) is 35.6 Å². The van der Waals surface area contributed by atoms with Crippen molar-refractivity contribution in [3.63, 3.8) is 0 Å². The minimum Gasteiger partial charge on any atom is -0.335 e. The molecule has 1 aromatic rings. The van der Waals surface area contributed by atoms with E-state index in [9.17, 15) is 9.18 Å². The summed E-state index contributed by atoms with van der Waals surface area (Å²) in [7, 11) is 0. The van der Waals surface area contributed by atoms with Crippen LogP contribution in [-0.2, 0) is 4.79 Å². The first-order valence-corrected chi connectivity index (χ1v) is 6.89. The molecule has 2 atom stereocenters. The van der Waals surface area contributed by atoms with Gasteiger partial charge in [-0.2, -0.15) is 0 Å². The number of amides is 1. The number of nitrogens with zero attached hydrogens (tertiary/aromatic N) is 1. The van der Waals surface area contributed by atoms with Gasteiger partial charge in [-0.25, -0.2) is 4.39 Å². The van der Waals surface area contributed by atoms with Gasteiger partial charge in [0.05, 0.1) is 6.04 Å². The molecular weight excluding hydrogens is 243 g/mol. The van der Waals surface area contributed by atoms with Crippen molar-refractivity contribution in [1.82, 2.24) is 4.90 Å². The predicted molar refractivity (Wildman–Crippen MR) is 72.9 cm³/mol. The summed E-state index contributed by atoms with van der Waals surface area (Å²) in [6.07, 6.45) is 3.07. The normalized spacial score (nSPS) is 21.2. The molecule has 1 heterocycles. The average Bonchev–Trinajstić information content (AvgIpc) is 2.46. The molecule has 0 bridgehead atoms. The molecule has 1 amide bonds. The number of rotatable bonds is 3. The molecule has 2 unspecified atom stereocenters. The van der Waals surface area contributed by atoms with Gasteiger partial charge in [-0.1, -0.05) is 19.1 Å². The Hall–Kier alpha value is -1.42. The first-order chi connectivity index (χ1) is 9.13. The van der Waals surface area contributed by atoms with E-state index in [1.807, 2.05) is 11.8 Å². The van der Waals surface area contributed by atoms with Crippen LogP contribution in [0.1, 0.15) is 37.8 Å². The summed E-state index contributed by atoms with van der Waals surface area (Å²) in [5.41, 5.74) is 6.60. The fraction of sp³-hybridized carbons (Fsp3) is 0.533. The summed E-state index contributed by atoms with van der Waals surface area (Å²) >= 11 is 0. The van der Waals surface area contributed by atoms with E-state index in [1.54, 1.807) is 12.1 Å². The molecule has 1 aliphatic heterocycles. The maximum absolute atomic E-state index is 13.0. The van der Waals surface area contributed by atoms with Gasteiger partial charge in [-0.3, -0.25) is 4.79 Å². The molecular formula is C15H21FN2O. The monoisotopic (exact) mass is 264 g/mol. The molecule has 0 radical (unpaired) electrons. The molecule has 1 aromatic carbocycles. The van der Waals surface area contributed by atoms with E-state index in [0.29, 0.717) is 6.54 Å². The largest absolute Gasteiger partial charge is 0.335 e. The summed E-state index contributed by atoms with van der Waals surface area (Å²) < 4.78 is 13.0. The standard InChI is InChI=1S/C15H21FN2O/c1-11(10-17)15(19)18-9-3-2-4-14(18)12-5-7-13(16)8-6-12/h5-8,11,14H,2-4,9-10,17H2,1H3. The van der Waals surface area contributed by atoms with Crippen LogP contribution in [0.4, 0.5) is 4.39 Å². The van der Waals surface area contributed by atoms with Crippen LogP contribution in [0.5, 0.6) is 0 Å². The van der Waals surface area contributed by atoms with Gasteiger partial charge in [0.1, 0.15) is 5.82 Å². The number of nitrogens with two attached hydrogens (primary N) is 1. The van der Waals surface area contributed by atoms with Crippen molar-refractivity contribution < 1.29 is 9.18 Å². The molecule has 2 N–H and O–H groups in total. The number of hydrogen-bond acceptors (Lipinski definition) is 2. The Morgan fingerprint density at radius 3 is 2.74 bits per heavy atom. The van der Waals surface area contributed by atoms with Crippen molar-refractivity contribution in [3.8, 4) is 0 Å². The minimum absolute atomic E-state index is 0.0656. The molecule has 4 heteroatoms. The highest BCUT2D eigenvalue weighted by Crippen LogP contribution is 2.31. The third kappa shape index (κ3) is 3.13. The van der Waals surface area contributed by atoms with Crippen molar-refractivity contribution in [2.24, 2.45) is 11.7 Å². The summed E-state index contributed by atoms with van der Waals surface area (Å²) in [5, 5.41) is 0. The Morgan fingerprint density at radius 1 is 1.42 bits per heavy atom. The topological polar surface area (TPSA) is 46.3 Å². The molecule has 19 heavy (non-hydrogen) atoms. The molecule has 0 aromatic heterocycles. The number of hydrogen-bond donors (Lipinski definition) is 1. The minimum atomic E-state index is -0.243. The molecule has 3 nitrogen and oxygen atoms in total. The van der Waals surface area contributed by atoms with Gasteiger partial charge in [-0.05, 0) is 37.0 Å². The molecule has 1 saturated heterocycles. The van der Waals surface area contributed by atoms with Gasteiger partial charge in [0.25, 0.3) is 0 Å². The second kappa shape index (κ2) is 6.15. The van der Waals surface area contributed by atoms with Crippen molar-refractivity contribution in [2.75, 3.05) is 13.1 Å². The van der Waals surface area contributed by atoms with Gasteiger partial charge < -0.3 is 10.6 Å². The highest BCUT2D eigenvalue weighted by molar-refractivity contribution is 5.79. The molecule has 1 aliphatic rings. The molecule has 1 fully saturated rings. The number of carbonyl (C=O) groups excluding carboxylic acids is 1. The fourth-order valence-corrected chi connectivity index (χ4v) is 2.61.